The van der Waals surface area contributed by atoms with Crippen molar-refractivity contribution in [2.24, 2.45) is 0 Å². The summed E-state index contributed by atoms with van der Waals surface area (Å²) in [6.45, 7) is 2.19. The van der Waals surface area contributed by atoms with E-state index in [0.29, 0.717) is 0 Å². The minimum atomic E-state index is 1.14. The van der Waals surface area contributed by atoms with Crippen LogP contribution in [-0.4, -0.2) is 0 Å². The van der Waals surface area contributed by atoms with Crippen LogP contribution >= 0.6 is 11.8 Å². The highest BCUT2D eigenvalue weighted by Gasteiger charge is 1.93. The summed E-state index contributed by atoms with van der Waals surface area (Å²) in [5.74, 6) is 0. The molecule has 44 valence electrons. The van der Waals surface area contributed by atoms with Crippen LogP contribution in [0.25, 0.3) is 0 Å². The molecule has 0 saturated heterocycles. The molecule has 0 N–H and O–H groups in total. The maximum absolute atomic E-state index is 2.28. The Kier molecular flexibility index (Phi) is 2.22. The maximum Gasteiger partial charge on any atom is -0.0148 e. The van der Waals surface area contributed by atoms with E-state index in [9.17, 15) is 0 Å². The second kappa shape index (κ2) is 2.98. The summed E-state index contributed by atoms with van der Waals surface area (Å²) in [6.07, 6.45) is 6.79. The van der Waals surface area contributed by atoms with E-state index in [1.807, 2.05) is 11.8 Å². The lowest BCUT2D eigenvalue weighted by Gasteiger charge is -2.01. The summed E-state index contributed by atoms with van der Waals surface area (Å²) in [5.41, 5.74) is 0. The van der Waals surface area contributed by atoms with Crippen molar-refractivity contribution in [3.05, 3.63) is 22.5 Å². The second-order valence-corrected chi connectivity index (χ2v) is 2.78. The summed E-state index contributed by atoms with van der Waals surface area (Å²) in [5, 5.41) is 2.17. The highest BCUT2D eigenvalue weighted by Crippen LogP contribution is 2.24. The third-order valence-corrected chi connectivity index (χ3v) is 2.23. The van der Waals surface area contributed by atoms with Gasteiger partial charge in [0.25, 0.3) is 0 Å². The Morgan fingerprint density at radius 3 is 3.00 bits per heavy atom. The fraction of sp³-hybridized carbons (Fsp3) is 0.429. The molecule has 0 aromatic heterocycles. The summed E-state index contributed by atoms with van der Waals surface area (Å²) < 4.78 is 0. The molecule has 0 atom stereocenters. The average Bonchev–Trinajstić information content (AvgIpc) is 1.90. The van der Waals surface area contributed by atoms with Crippen LogP contribution in [0.15, 0.2) is 22.5 Å². The summed E-state index contributed by atoms with van der Waals surface area (Å²) in [7, 11) is 0. The molecule has 0 fully saturated rings. The molecule has 1 aliphatic heterocycles. The van der Waals surface area contributed by atoms with Crippen LogP contribution < -0.4 is 0 Å². The Morgan fingerprint density at radius 2 is 2.62 bits per heavy atom. The normalized spacial score (nSPS) is 18.4. The molecule has 0 spiro atoms. The summed E-state index contributed by atoms with van der Waals surface area (Å²) >= 11 is 1.84. The van der Waals surface area contributed by atoms with Gasteiger partial charge in [0.15, 0.2) is 0 Å². The molecule has 0 amide bonds. The first-order chi connectivity index (χ1) is 3.93. The van der Waals surface area contributed by atoms with Crippen LogP contribution in [0.5, 0.6) is 0 Å². The lowest BCUT2D eigenvalue weighted by Crippen LogP contribution is -1.75. The Balaban J connectivity index is 2.43. The van der Waals surface area contributed by atoms with Crippen LogP contribution in [0.4, 0.5) is 0 Å². The van der Waals surface area contributed by atoms with Gasteiger partial charge in [-0.15, -0.1) is 11.8 Å². The van der Waals surface area contributed by atoms with Gasteiger partial charge in [-0.1, -0.05) is 19.1 Å². The average molecular weight is 126 g/mol. The Bertz CT molecular complexity index is 122. The van der Waals surface area contributed by atoms with Gasteiger partial charge in [0.1, 0.15) is 0 Å². The van der Waals surface area contributed by atoms with Crippen LogP contribution in [-0.2, 0) is 0 Å². The lowest BCUT2D eigenvalue weighted by molar-refractivity contribution is 1.17. The van der Waals surface area contributed by atoms with Crippen LogP contribution in [0.1, 0.15) is 19.8 Å². The molecule has 1 rings (SSSR count). The zero-order valence-electron chi connectivity index (χ0n) is 5.05. The van der Waals surface area contributed by atoms with Crippen molar-refractivity contribution < 1.29 is 0 Å². The highest BCUT2D eigenvalue weighted by atomic mass is 32.2. The van der Waals surface area contributed by atoms with Crippen molar-refractivity contribution in [1.29, 1.82) is 0 Å². The number of hydrogen-bond donors (Lipinski definition) is 0. The molecule has 1 aliphatic rings. The molecule has 0 aromatic carbocycles. The fourth-order valence-electron chi connectivity index (χ4n) is 0.666. The quantitative estimate of drug-likeness (QED) is 0.520. The number of thioether (sulfide) groups is 1. The number of rotatable bonds is 1. The van der Waals surface area contributed by atoms with Gasteiger partial charge in [0, 0.05) is 0 Å². The van der Waals surface area contributed by atoms with E-state index in [1.165, 1.54) is 11.3 Å². The van der Waals surface area contributed by atoms with Gasteiger partial charge < -0.3 is 0 Å². The zero-order valence-corrected chi connectivity index (χ0v) is 5.87. The molecule has 8 heavy (non-hydrogen) atoms. The molecule has 0 nitrogen and oxygen atoms in total. The SMILES string of the molecule is CCC1=CCC=CS1. The molecule has 0 radical (unpaired) electrons. The molecule has 0 aromatic rings. The first-order valence-corrected chi connectivity index (χ1v) is 3.82. The van der Waals surface area contributed by atoms with E-state index in [0.717, 1.165) is 6.42 Å². The predicted octanol–water partition coefficient (Wildman–Crippen LogP) is 2.93. The molecule has 0 unspecified atom stereocenters. The van der Waals surface area contributed by atoms with Gasteiger partial charge in [0.2, 0.25) is 0 Å². The largest absolute Gasteiger partial charge is 0.103 e. The molecule has 1 heteroatoms. The monoisotopic (exact) mass is 126 g/mol. The molecule has 1 heterocycles. The van der Waals surface area contributed by atoms with E-state index in [1.54, 1.807) is 0 Å². The van der Waals surface area contributed by atoms with Gasteiger partial charge >= 0.3 is 0 Å². The first-order valence-electron chi connectivity index (χ1n) is 2.94. The topological polar surface area (TPSA) is 0 Å². The smallest absolute Gasteiger partial charge is 0.0148 e. The Hall–Kier alpha value is -0.170. The number of allylic oxidation sites excluding steroid dienone is 3. The van der Waals surface area contributed by atoms with E-state index in [-0.39, 0.29) is 0 Å². The number of hydrogen-bond acceptors (Lipinski definition) is 1. The van der Waals surface area contributed by atoms with Crippen molar-refractivity contribution in [3.63, 3.8) is 0 Å². The minimum Gasteiger partial charge on any atom is -0.103 e. The molecule has 0 aliphatic carbocycles. The third kappa shape index (κ3) is 1.41. The van der Waals surface area contributed by atoms with Crippen molar-refractivity contribution >= 4 is 11.8 Å². The van der Waals surface area contributed by atoms with Crippen LogP contribution in [0.3, 0.4) is 0 Å². The third-order valence-electron chi connectivity index (χ3n) is 1.15. The second-order valence-electron chi connectivity index (χ2n) is 1.75. The van der Waals surface area contributed by atoms with Gasteiger partial charge in [-0.3, -0.25) is 0 Å². The van der Waals surface area contributed by atoms with Crippen molar-refractivity contribution in [2.75, 3.05) is 0 Å². The van der Waals surface area contributed by atoms with Gasteiger partial charge in [-0.2, -0.15) is 0 Å². The van der Waals surface area contributed by atoms with E-state index in [2.05, 4.69) is 24.5 Å². The fourth-order valence-corrected chi connectivity index (χ4v) is 1.41. The maximum atomic E-state index is 2.28. The lowest BCUT2D eigenvalue weighted by atomic mass is 10.3. The zero-order chi connectivity index (χ0) is 5.82. The van der Waals surface area contributed by atoms with Crippen LogP contribution in [0.2, 0.25) is 0 Å². The van der Waals surface area contributed by atoms with Crippen molar-refractivity contribution in [2.45, 2.75) is 19.8 Å². The standard InChI is InChI=1S/C7H10S/c1-2-7-5-3-4-6-8-7/h4-6H,2-3H2,1H3. The highest BCUT2D eigenvalue weighted by molar-refractivity contribution is 8.05. The molecule has 0 saturated carbocycles. The van der Waals surface area contributed by atoms with E-state index < -0.39 is 0 Å². The van der Waals surface area contributed by atoms with Crippen LogP contribution in [0, 0.1) is 0 Å². The summed E-state index contributed by atoms with van der Waals surface area (Å²) in [6, 6.07) is 0. The predicted molar refractivity (Wildman–Crippen MR) is 39.7 cm³/mol. The van der Waals surface area contributed by atoms with Gasteiger partial charge in [0.05, 0.1) is 0 Å². The van der Waals surface area contributed by atoms with E-state index >= 15 is 0 Å². The first kappa shape index (κ1) is 5.96. The molecular weight excluding hydrogens is 116 g/mol. The minimum absolute atomic E-state index is 1.14. The van der Waals surface area contributed by atoms with E-state index in [4.69, 9.17) is 0 Å². The molecule has 0 bridgehead atoms. The van der Waals surface area contributed by atoms with Gasteiger partial charge in [-0.05, 0) is 23.2 Å². The Labute approximate surface area is 54.7 Å². The van der Waals surface area contributed by atoms with Crippen molar-refractivity contribution in [3.8, 4) is 0 Å². The summed E-state index contributed by atoms with van der Waals surface area (Å²) in [4.78, 5) is 1.51. The van der Waals surface area contributed by atoms with Gasteiger partial charge in [-0.25, -0.2) is 0 Å². The Morgan fingerprint density at radius 1 is 1.75 bits per heavy atom. The molecular formula is C7H10S. The van der Waals surface area contributed by atoms with Crippen molar-refractivity contribution in [1.82, 2.24) is 0 Å².